The van der Waals surface area contributed by atoms with Gasteiger partial charge in [-0.3, -0.25) is 4.68 Å². The number of aryl methyl sites for hydroxylation is 1. The van der Waals surface area contributed by atoms with Crippen molar-refractivity contribution in [2.24, 2.45) is 7.05 Å². The van der Waals surface area contributed by atoms with Crippen molar-refractivity contribution in [1.29, 1.82) is 0 Å². The molecule has 3 aromatic rings. The SMILES string of the molecule is COC(=O)c1ccc(C(C)Sc2ncnc3c2cnn3C)o1. The van der Waals surface area contributed by atoms with Crippen molar-refractivity contribution in [3.05, 3.63) is 36.2 Å². The minimum atomic E-state index is -0.486. The van der Waals surface area contributed by atoms with Crippen LogP contribution in [0.15, 0.2) is 34.1 Å². The fourth-order valence-electron chi connectivity index (χ4n) is 2.04. The lowest BCUT2D eigenvalue weighted by Gasteiger charge is -2.08. The Bertz CT molecular complexity index is 826. The second kappa shape index (κ2) is 5.80. The Hall–Kier alpha value is -2.35. The Morgan fingerprint density at radius 3 is 3.00 bits per heavy atom. The zero-order chi connectivity index (χ0) is 15.7. The lowest BCUT2D eigenvalue weighted by Crippen LogP contribution is -1.98. The summed E-state index contributed by atoms with van der Waals surface area (Å²) in [5.74, 6) is 0.389. The Morgan fingerprint density at radius 2 is 2.23 bits per heavy atom. The van der Waals surface area contributed by atoms with Gasteiger partial charge in [0.05, 0.1) is 23.9 Å². The van der Waals surface area contributed by atoms with E-state index in [9.17, 15) is 4.79 Å². The summed E-state index contributed by atoms with van der Waals surface area (Å²) in [4.78, 5) is 20.0. The molecule has 3 aromatic heterocycles. The third-order valence-corrected chi connectivity index (χ3v) is 4.33. The monoisotopic (exact) mass is 318 g/mol. The van der Waals surface area contributed by atoms with Gasteiger partial charge >= 0.3 is 5.97 Å². The molecule has 0 bridgehead atoms. The van der Waals surface area contributed by atoms with Crippen LogP contribution in [-0.4, -0.2) is 32.8 Å². The number of carbonyl (C=O) groups excluding carboxylic acids is 1. The van der Waals surface area contributed by atoms with Crippen LogP contribution in [0.25, 0.3) is 11.0 Å². The standard InChI is InChI=1S/C14H14N4O3S/c1-8(10-4-5-11(21-10)14(19)20-3)22-13-9-6-17-18(2)12(9)15-7-16-13/h4-8H,1-3H3. The van der Waals surface area contributed by atoms with Gasteiger partial charge in [0.15, 0.2) is 5.65 Å². The molecule has 7 nitrogen and oxygen atoms in total. The highest BCUT2D eigenvalue weighted by Crippen LogP contribution is 2.37. The number of esters is 1. The van der Waals surface area contributed by atoms with Gasteiger partial charge in [-0.1, -0.05) is 11.8 Å². The lowest BCUT2D eigenvalue weighted by molar-refractivity contribution is 0.0563. The topological polar surface area (TPSA) is 83.0 Å². The predicted octanol–water partition coefficient (Wildman–Crippen LogP) is 2.60. The van der Waals surface area contributed by atoms with Crippen LogP contribution >= 0.6 is 11.8 Å². The number of nitrogens with zero attached hydrogens (tertiary/aromatic N) is 4. The summed E-state index contributed by atoms with van der Waals surface area (Å²) in [6, 6.07) is 3.38. The van der Waals surface area contributed by atoms with Crippen molar-refractivity contribution in [3.63, 3.8) is 0 Å². The molecular weight excluding hydrogens is 304 g/mol. The van der Waals surface area contributed by atoms with Gasteiger partial charge in [0.2, 0.25) is 5.76 Å². The van der Waals surface area contributed by atoms with E-state index >= 15 is 0 Å². The third-order valence-electron chi connectivity index (χ3n) is 3.20. The molecule has 1 atom stereocenters. The zero-order valence-corrected chi connectivity index (χ0v) is 13.1. The van der Waals surface area contributed by atoms with E-state index in [0.29, 0.717) is 5.76 Å². The minimum Gasteiger partial charge on any atom is -0.463 e. The number of methoxy groups -OCH3 is 1. The fraction of sp³-hybridized carbons (Fsp3) is 0.286. The Labute approximate surface area is 130 Å². The molecular formula is C14H14N4O3S. The van der Waals surface area contributed by atoms with Crippen LogP contribution in [0.3, 0.4) is 0 Å². The molecule has 0 amide bonds. The van der Waals surface area contributed by atoms with Crippen LogP contribution in [0.1, 0.15) is 28.5 Å². The fourth-order valence-corrected chi connectivity index (χ4v) is 3.00. The molecule has 0 saturated carbocycles. The van der Waals surface area contributed by atoms with E-state index in [1.165, 1.54) is 25.2 Å². The number of carbonyl (C=O) groups is 1. The average molecular weight is 318 g/mol. The van der Waals surface area contributed by atoms with Crippen LogP contribution in [0.5, 0.6) is 0 Å². The molecule has 114 valence electrons. The zero-order valence-electron chi connectivity index (χ0n) is 12.3. The normalized spacial score (nSPS) is 12.5. The molecule has 0 aliphatic carbocycles. The van der Waals surface area contributed by atoms with Gasteiger partial charge in [0.1, 0.15) is 17.1 Å². The van der Waals surface area contributed by atoms with Crippen molar-refractivity contribution >= 4 is 28.8 Å². The summed E-state index contributed by atoms with van der Waals surface area (Å²) in [7, 11) is 3.16. The number of ether oxygens (including phenoxy) is 1. The second-order valence-corrected chi connectivity index (χ2v) is 5.97. The molecule has 22 heavy (non-hydrogen) atoms. The summed E-state index contributed by atoms with van der Waals surface area (Å²) in [5.41, 5.74) is 0.777. The largest absolute Gasteiger partial charge is 0.463 e. The molecule has 0 saturated heterocycles. The van der Waals surface area contributed by atoms with Gasteiger partial charge in [-0.05, 0) is 19.1 Å². The predicted molar refractivity (Wildman–Crippen MR) is 80.6 cm³/mol. The first kappa shape index (κ1) is 14.6. The van der Waals surface area contributed by atoms with Gasteiger partial charge in [-0.2, -0.15) is 5.10 Å². The van der Waals surface area contributed by atoms with Gasteiger partial charge in [0.25, 0.3) is 0 Å². The highest BCUT2D eigenvalue weighted by molar-refractivity contribution is 7.99. The van der Waals surface area contributed by atoms with E-state index in [1.807, 2.05) is 14.0 Å². The molecule has 8 heteroatoms. The Morgan fingerprint density at radius 1 is 1.41 bits per heavy atom. The third kappa shape index (κ3) is 2.57. The number of aromatic nitrogens is 4. The molecule has 0 radical (unpaired) electrons. The van der Waals surface area contributed by atoms with Crippen molar-refractivity contribution < 1.29 is 13.9 Å². The number of fused-ring (bicyclic) bond motifs is 1. The summed E-state index contributed by atoms with van der Waals surface area (Å²) in [6.07, 6.45) is 3.26. The van der Waals surface area contributed by atoms with Crippen molar-refractivity contribution in [2.75, 3.05) is 7.11 Å². The van der Waals surface area contributed by atoms with E-state index in [2.05, 4.69) is 19.8 Å². The maximum Gasteiger partial charge on any atom is 0.373 e. The molecule has 0 aliphatic heterocycles. The van der Waals surface area contributed by atoms with Crippen molar-refractivity contribution in [2.45, 2.75) is 17.2 Å². The first-order valence-corrected chi connectivity index (χ1v) is 7.45. The first-order valence-electron chi connectivity index (χ1n) is 6.57. The van der Waals surface area contributed by atoms with E-state index in [0.717, 1.165) is 16.1 Å². The van der Waals surface area contributed by atoms with Crippen molar-refractivity contribution in [1.82, 2.24) is 19.7 Å². The summed E-state index contributed by atoms with van der Waals surface area (Å²) < 4.78 is 11.9. The highest BCUT2D eigenvalue weighted by Gasteiger charge is 2.18. The van der Waals surface area contributed by atoms with Gasteiger partial charge in [0, 0.05) is 7.05 Å². The molecule has 1 unspecified atom stereocenters. The number of hydrogen-bond acceptors (Lipinski definition) is 7. The molecule has 0 spiro atoms. The summed E-state index contributed by atoms with van der Waals surface area (Å²) >= 11 is 1.52. The molecule has 0 aromatic carbocycles. The molecule has 0 N–H and O–H groups in total. The number of furan rings is 1. The van der Waals surface area contributed by atoms with Gasteiger partial charge < -0.3 is 9.15 Å². The maximum absolute atomic E-state index is 11.4. The molecule has 0 aliphatic rings. The van der Waals surface area contributed by atoms with E-state index in [-0.39, 0.29) is 11.0 Å². The van der Waals surface area contributed by atoms with Gasteiger partial charge in [-0.25, -0.2) is 14.8 Å². The van der Waals surface area contributed by atoms with Crippen LogP contribution in [-0.2, 0) is 11.8 Å². The second-order valence-electron chi connectivity index (χ2n) is 4.64. The van der Waals surface area contributed by atoms with E-state index in [4.69, 9.17) is 4.42 Å². The van der Waals surface area contributed by atoms with E-state index < -0.39 is 5.97 Å². The number of hydrogen-bond donors (Lipinski definition) is 0. The molecule has 3 heterocycles. The quantitative estimate of drug-likeness (QED) is 0.415. The number of thioether (sulfide) groups is 1. The Kier molecular flexibility index (Phi) is 3.84. The summed E-state index contributed by atoms with van der Waals surface area (Å²) in [6.45, 7) is 1.98. The Balaban J connectivity index is 1.85. The minimum absolute atomic E-state index is 0.0169. The first-order chi connectivity index (χ1) is 10.6. The lowest BCUT2D eigenvalue weighted by atomic mass is 10.3. The van der Waals surface area contributed by atoms with Crippen molar-refractivity contribution in [3.8, 4) is 0 Å². The van der Waals surface area contributed by atoms with Crippen LogP contribution in [0.2, 0.25) is 0 Å². The summed E-state index contributed by atoms with van der Waals surface area (Å²) in [5, 5.41) is 5.89. The highest BCUT2D eigenvalue weighted by atomic mass is 32.2. The maximum atomic E-state index is 11.4. The van der Waals surface area contributed by atoms with E-state index in [1.54, 1.807) is 23.0 Å². The number of rotatable bonds is 4. The van der Waals surface area contributed by atoms with Gasteiger partial charge in [-0.15, -0.1) is 0 Å². The molecule has 3 rings (SSSR count). The van der Waals surface area contributed by atoms with Crippen LogP contribution in [0.4, 0.5) is 0 Å². The average Bonchev–Trinajstić information content (AvgIpc) is 3.15. The van der Waals surface area contributed by atoms with Crippen LogP contribution in [0, 0.1) is 0 Å². The molecule has 0 fully saturated rings. The smallest absolute Gasteiger partial charge is 0.373 e. The van der Waals surface area contributed by atoms with Crippen LogP contribution < -0.4 is 0 Å².